The molecule has 0 radical (unpaired) electrons. The number of nitrogens with one attached hydrogen (secondary N) is 1. The summed E-state index contributed by atoms with van der Waals surface area (Å²) in [4.78, 5) is 9.33. The van der Waals surface area contributed by atoms with Gasteiger partial charge in [-0.3, -0.25) is 14.8 Å². The van der Waals surface area contributed by atoms with Crippen molar-refractivity contribution in [3.63, 3.8) is 0 Å². The maximum Gasteiger partial charge on any atom is 0.306 e. The number of sulfonamides is 1. The van der Waals surface area contributed by atoms with E-state index in [-0.39, 0.29) is 11.4 Å². The first-order chi connectivity index (χ1) is 9.81. The average molecular weight is 312 g/mol. The van der Waals surface area contributed by atoms with Crippen molar-refractivity contribution in [1.82, 2.24) is 10.2 Å². The van der Waals surface area contributed by atoms with E-state index in [1.165, 1.54) is 25.3 Å². The first-order valence-corrected chi connectivity index (χ1v) is 7.04. The maximum absolute atomic E-state index is 13.6. The Morgan fingerprint density at radius 3 is 2.67 bits per heavy atom. The highest BCUT2D eigenvalue weighted by molar-refractivity contribution is 7.92. The number of aryl methyl sites for hydroxylation is 1. The summed E-state index contributed by atoms with van der Waals surface area (Å²) in [5, 5.41) is 17.8. The predicted molar refractivity (Wildman–Crippen MR) is 70.6 cm³/mol. The molecule has 0 atom stereocenters. The van der Waals surface area contributed by atoms with Crippen LogP contribution in [0.5, 0.6) is 0 Å². The van der Waals surface area contributed by atoms with Crippen LogP contribution in [0.2, 0.25) is 0 Å². The third-order valence-corrected chi connectivity index (χ3v) is 3.86. The number of nitro benzene ring substituents is 1. The standard InChI is InChI=1S/C11H9FN4O4S/c1-7-5-8(6-9(11(7)12)16(17)18)21(19,20)15-10-3-2-4-13-14-10/h2-6H,1H3,(H,14,15). The van der Waals surface area contributed by atoms with E-state index in [2.05, 4.69) is 14.9 Å². The fourth-order valence-electron chi connectivity index (χ4n) is 1.56. The van der Waals surface area contributed by atoms with Gasteiger partial charge in [-0.15, -0.1) is 5.10 Å². The van der Waals surface area contributed by atoms with E-state index in [0.29, 0.717) is 6.07 Å². The third-order valence-electron chi connectivity index (χ3n) is 2.53. The fourth-order valence-corrected chi connectivity index (χ4v) is 2.66. The van der Waals surface area contributed by atoms with Gasteiger partial charge >= 0.3 is 5.69 Å². The minimum absolute atomic E-state index is 0.0536. The Hall–Kier alpha value is -2.62. The first kappa shape index (κ1) is 14.8. The van der Waals surface area contributed by atoms with E-state index in [1.807, 2.05) is 0 Å². The molecule has 110 valence electrons. The predicted octanol–water partition coefficient (Wildman–Crippen LogP) is 1.63. The SMILES string of the molecule is Cc1cc(S(=O)(=O)Nc2cccnn2)cc([N+](=O)[O-])c1F. The summed E-state index contributed by atoms with van der Waals surface area (Å²) in [6.07, 6.45) is 1.35. The van der Waals surface area contributed by atoms with Crippen molar-refractivity contribution in [2.24, 2.45) is 0 Å². The lowest BCUT2D eigenvalue weighted by Crippen LogP contribution is -2.15. The summed E-state index contributed by atoms with van der Waals surface area (Å²) in [7, 11) is -4.13. The number of halogens is 1. The van der Waals surface area contributed by atoms with E-state index in [0.717, 1.165) is 6.07 Å². The zero-order chi connectivity index (χ0) is 15.6. The van der Waals surface area contributed by atoms with Gasteiger partial charge in [0, 0.05) is 12.3 Å². The van der Waals surface area contributed by atoms with Gasteiger partial charge in [-0.25, -0.2) is 8.42 Å². The van der Waals surface area contributed by atoms with Gasteiger partial charge in [0.2, 0.25) is 5.82 Å². The summed E-state index contributed by atoms with van der Waals surface area (Å²) in [6.45, 7) is 1.24. The molecule has 1 aromatic heterocycles. The number of nitrogens with zero attached hydrogens (tertiary/aromatic N) is 3. The van der Waals surface area contributed by atoms with Gasteiger partial charge < -0.3 is 0 Å². The molecular weight excluding hydrogens is 303 g/mol. The van der Waals surface area contributed by atoms with Crippen molar-refractivity contribution in [3.8, 4) is 0 Å². The number of aromatic nitrogens is 2. The van der Waals surface area contributed by atoms with Gasteiger partial charge in [0.15, 0.2) is 5.82 Å². The number of rotatable bonds is 4. The second-order valence-corrected chi connectivity index (χ2v) is 5.73. The van der Waals surface area contributed by atoms with Crippen LogP contribution >= 0.6 is 0 Å². The number of nitro groups is 1. The highest BCUT2D eigenvalue weighted by Crippen LogP contribution is 2.25. The molecule has 1 heterocycles. The van der Waals surface area contributed by atoms with Crippen molar-refractivity contribution < 1.29 is 17.7 Å². The number of hydrogen-bond donors (Lipinski definition) is 1. The molecular formula is C11H9FN4O4S. The number of benzene rings is 1. The topological polar surface area (TPSA) is 115 Å². The molecule has 0 aliphatic carbocycles. The summed E-state index contributed by atoms with van der Waals surface area (Å²) in [5.41, 5.74) is -1.06. The third kappa shape index (κ3) is 3.11. The maximum atomic E-state index is 13.6. The highest BCUT2D eigenvalue weighted by atomic mass is 32.2. The van der Waals surface area contributed by atoms with Crippen molar-refractivity contribution in [2.45, 2.75) is 11.8 Å². The zero-order valence-electron chi connectivity index (χ0n) is 10.6. The zero-order valence-corrected chi connectivity index (χ0v) is 11.5. The van der Waals surface area contributed by atoms with E-state index >= 15 is 0 Å². The molecule has 8 nitrogen and oxygen atoms in total. The molecule has 0 bridgehead atoms. The van der Waals surface area contributed by atoms with Crippen LogP contribution in [0.1, 0.15) is 5.56 Å². The second-order valence-electron chi connectivity index (χ2n) is 4.04. The van der Waals surface area contributed by atoms with Gasteiger partial charge in [-0.05, 0) is 30.7 Å². The lowest BCUT2D eigenvalue weighted by Gasteiger charge is -2.08. The van der Waals surface area contributed by atoms with Crippen molar-refractivity contribution >= 4 is 21.5 Å². The van der Waals surface area contributed by atoms with Gasteiger partial charge in [-0.1, -0.05) is 0 Å². The molecule has 1 N–H and O–H groups in total. The van der Waals surface area contributed by atoms with Crippen LogP contribution in [0.15, 0.2) is 35.4 Å². The molecule has 0 amide bonds. The van der Waals surface area contributed by atoms with E-state index in [9.17, 15) is 22.9 Å². The Bertz CT molecular complexity index is 795. The molecule has 21 heavy (non-hydrogen) atoms. The molecule has 2 aromatic rings. The van der Waals surface area contributed by atoms with Crippen LogP contribution in [-0.2, 0) is 10.0 Å². The van der Waals surface area contributed by atoms with Crippen LogP contribution in [0.3, 0.4) is 0 Å². The molecule has 0 unspecified atom stereocenters. The van der Waals surface area contributed by atoms with Crippen molar-refractivity contribution in [2.75, 3.05) is 4.72 Å². The summed E-state index contributed by atoms with van der Waals surface area (Å²) < 4.78 is 39.9. The molecule has 10 heteroatoms. The largest absolute Gasteiger partial charge is 0.306 e. The van der Waals surface area contributed by atoms with Crippen LogP contribution < -0.4 is 4.72 Å². The number of anilines is 1. The Kier molecular flexibility index (Phi) is 3.80. The normalized spacial score (nSPS) is 11.1. The summed E-state index contributed by atoms with van der Waals surface area (Å²) >= 11 is 0. The van der Waals surface area contributed by atoms with Gasteiger partial charge in [0.05, 0.1) is 9.82 Å². The minimum atomic E-state index is -4.13. The van der Waals surface area contributed by atoms with Crippen LogP contribution in [-0.4, -0.2) is 23.5 Å². The quantitative estimate of drug-likeness (QED) is 0.677. The van der Waals surface area contributed by atoms with Crippen LogP contribution in [0.25, 0.3) is 0 Å². The van der Waals surface area contributed by atoms with Gasteiger partial charge in [-0.2, -0.15) is 9.49 Å². The smallest absolute Gasteiger partial charge is 0.262 e. The highest BCUT2D eigenvalue weighted by Gasteiger charge is 2.24. The monoisotopic (exact) mass is 312 g/mol. The molecule has 0 aliphatic heterocycles. The van der Waals surface area contributed by atoms with Crippen LogP contribution in [0, 0.1) is 22.9 Å². The van der Waals surface area contributed by atoms with Crippen LogP contribution in [0.4, 0.5) is 15.9 Å². The van der Waals surface area contributed by atoms with Gasteiger partial charge in [0.25, 0.3) is 10.0 Å². The molecule has 2 rings (SSSR count). The lowest BCUT2D eigenvalue weighted by atomic mass is 10.2. The molecule has 0 saturated carbocycles. The average Bonchev–Trinajstić information content (AvgIpc) is 2.41. The van der Waals surface area contributed by atoms with E-state index < -0.39 is 31.3 Å². The molecule has 0 spiro atoms. The summed E-state index contributed by atoms with van der Waals surface area (Å²) in [5.74, 6) is -1.12. The minimum Gasteiger partial charge on any atom is -0.262 e. The molecule has 1 aromatic carbocycles. The fraction of sp³-hybridized carbons (Fsp3) is 0.0909. The molecule has 0 aliphatic rings. The Morgan fingerprint density at radius 1 is 1.38 bits per heavy atom. The summed E-state index contributed by atoms with van der Waals surface area (Å²) in [6, 6.07) is 4.47. The van der Waals surface area contributed by atoms with E-state index in [1.54, 1.807) is 0 Å². The van der Waals surface area contributed by atoms with Crippen molar-refractivity contribution in [1.29, 1.82) is 0 Å². The lowest BCUT2D eigenvalue weighted by molar-refractivity contribution is -0.387. The molecule has 0 fully saturated rings. The first-order valence-electron chi connectivity index (χ1n) is 5.56. The van der Waals surface area contributed by atoms with E-state index in [4.69, 9.17) is 0 Å². The van der Waals surface area contributed by atoms with Gasteiger partial charge in [0.1, 0.15) is 0 Å². The number of hydrogen-bond acceptors (Lipinski definition) is 6. The molecule has 0 saturated heterocycles. The Balaban J connectivity index is 2.48. The van der Waals surface area contributed by atoms with Crippen molar-refractivity contribution in [3.05, 3.63) is 52.0 Å². The Labute approximate surface area is 118 Å². The second kappa shape index (κ2) is 5.40. The Morgan fingerprint density at radius 2 is 2.10 bits per heavy atom.